The van der Waals surface area contributed by atoms with Gasteiger partial charge in [0.25, 0.3) is 0 Å². The van der Waals surface area contributed by atoms with Gasteiger partial charge >= 0.3 is 0 Å². The average molecular weight is 383 g/mol. The molecule has 0 saturated heterocycles. The zero-order valence-corrected chi connectivity index (χ0v) is 15.3. The summed E-state index contributed by atoms with van der Waals surface area (Å²) < 4.78 is 5.57. The first-order chi connectivity index (χ1) is 11.3. The predicted molar refractivity (Wildman–Crippen MR) is 99.5 cm³/mol. The number of amides is 1. The van der Waals surface area contributed by atoms with Crippen LogP contribution in [0.2, 0.25) is 15.1 Å². The highest BCUT2D eigenvalue weighted by atomic mass is 35.5. The second-order valence-electron chi connectivity index (χ2n) is 5.65. The highest BCUT2D eigenvalue weighted by Crippen LogP contribution is 2.33. The molecule has 1 heterocycles. The van der Waals surface area contributed by atoms with Crippen molar-refractivity contribution in [2.24, 2.45) is 0 Å². The van der Waals surface area contributed by atoms with E-state index in [0.717, 1.165) is 27.7 Å². The summed E-state index contributed by atoms with van der Waals surface area (Å²) >= 11 is 18.2. The third kappa shape index (κ3) is 3.39. The fourth-order valence-electron chi connectivity index (χ4n) is 2.74. The van der Waals surface area contributed by atoms with Gasteiger partial charge in [-0.2, -0.15) is 0 Å². The number of hydrogen-bond donors (Lipinski definition) is 1. The lowest BCUT2D eigenvalue weighted by Gasteiger charge is -2.07. The summed E-state index contributed by atoms with van der Waals surface area (Å²) in [4.78, 5) is 12.3. The molecule has 3 rings (SSSR count). The van der Waals surface area contributed by atoms with Gasteiger partial charge in [0.05, 0.1) is 12.7 Å². The van der Waals surface area contributed by atoms with E-state index in [9.17, 15) is 4.79 Å². The standard InChI is InChI=1S/C18H14Cl3NO2/c1-9-3-15-17(10(2)18(9)21)11(8-24-15)4-16(23)22-14-6-12(19)5-13(20)7-14/h3,5-8H,4H2,1-2H3,(H,22,23). The van der Waals surface area contributed by atoms with Crippen LogP contribution in [0.25, 0.3) is 11.0 Å². The van der Waals surface area contributed by atoms with Gasteiger partial charge in [-0.1, -0.05) is 34.8 Å². The average Bonchev–Trinajstić information content (AvgIpc) is 2.86. The van der Waals surface area contributed by atoms with Crippen LogP contribution >= 0.6 is 34.8 Å². The van der Waals surface area contributed by atoms with Crippen molar-refractivity contribution in [3.05, 3.63) is 62.3 Å². The number of furan rings is 1. The minimum Gasteiger partial charge on any atom is -0.464 e. The lowest BCUT2D eigenvalue weighted by atomic mass is 10.0. The van der Waals surface area contributed by atoms with E-state index in [0.29, 0.717) is 20.8 Å². The normalized spacial score (nSPS) is 11.0. The van der Waals surface area contributed by atoms with Crippen LogP contribution in [0.5, 0.6) is 0 Å². The first-order valence-corrected chi connectivity index (χ1v) is 8.40. The number of carbonyl (C=O) groups is 1. The molecule has 0 aliphatic carbocycles. The number of carbonyl (C=O) groups excluding carboxylic acids is 1. The number of hydrogen-bond acceptors (Lipinski definition) is 2. The molecule has 0 aliphatic rings. The molecule has 6 heteroatoms. The smallest absolute Gasteiger partial charge is 0.228 e. The van der Waals surface area contributed by atoms with E-state index in [-0.39, 0.29) is 12.3 Å². The summed E-state index contributed by atoms with van der Waals surface area (Å²) in [7, 11) is 0. The zero-order valence-electron chi connectivity index (χ0n) is 13.0. The number of fused-ring (bicyclic) bond motifs is 1. The van der Waals surface area contributed by atoms with Crippen molar-refractivity contribution in [2.75, 3.05) is 5.32 Å². The molecule has 0 fully saturated rings. The molecule has 0 saturated carbocycles. The van der Waals surface area contributed by atoms with Crippen LogP contribution < -0.4 is 5.32 Å². The lowest BCUT2D eigenvalue weighted by molar-refractivity contribution is -0.115. The van der Waals surface area contributed by atoms with E-state index in [1.54, 1.807) is 24.5 Å². The van der Waals surface area contributed by atoms with Crippen molar-refractivity contribution in [3.8, 4) is 0 Å². The van der Waals surface area contributed by atoms with Crippen molar-refractivity contribution >= 4 is 57.4 Å². The molecule has 0 atom stereocenters. The van der Waals surface area contributed by atoms with Crippen molar-refractivity contribution in [3.63, 3.8) is 0 Å². The molecule has 0 aliphatic heterocycles. The topological polar surface area (TPSA) is 42.2 Å². The first kappa shape index (κ1) is 17.2. The Morgan fingerprint density at radius 1 is 1.08 bits per heavy atom. The Kier molecular flexibility index (Phi) is 4.77. The maximum absolute atomic E-state index is 12.3. The zero-order chi connectivity index (χ0) is 17.4. The molecule has 2 aromatic carbocycles. The molecule has 0 spiro atoms. The van der Waals surface area contributed by atoms with Crippen LogP contribution in [-0.2, 0) is 11.2 Å². The van der Waals surface area contributed by atoms with Gasteiger partial charge < -0.3 is 9.73 Å². The van der Waals surface area contributed by atoms with E-state index in [4.69, 9.17) is 39.2 Å². The minimum absolute atomic E-state index is 0.164. The molecular weight excluding hydrogens is 369 g/mol. The van der Waals surface area contributed by atoms with Crippen LogP contribution in [0, 0.1) is 13.8 Å². The predicted octanol–water partition coefficient (Wildman–Crippen LogP) is 6.19. The van der Waals surface area contributed by atoms with E-state index in [1.807, 2.05) is 19.9 Å². The van der Waals surface area contributed by atoms with Gasteiger partial charge in [-0.15, -0.1) is 0 Å². The summed E-state index contributed by atoms with van der Waals surface area (Å²) in [5.41, 5.74) is 3.92. The summed E-state index contributed by atoms with van der Waals surface area (Å²) in [6.07, 6.45) is 1.76. The Bertz CT molecular complexity index is 927. The Balaban J connectivity index is 1.87. The second-order valence-corrected chi connectivity index (χ2v) is 6.90. The van der Waals surface area contributed by atoms with Crippen LogP contribution in [0.1, 0.15) is 16.7 Å². The largest absolute Gasteiger partial charge is 0.464 e. The number of nitrogens with one attached hydrogen (secondary N) is 1. The molecular formula is C18H14Cl3NO2. The molecule has 0 unspecified atom stereocenters. The minimum atomic E-state index is -0.188. The summed E-state index contributed by atoms with van der Waals surface area (Å²) in [6, 6.07) is 6.77. The summed E-state index contributed by atoms with van der Waals surface area (Å²) in [6.45, 7) is 3.85. The molecule has 1 amide bonds. The van der Waals surface area contributed by atoms with E-state index < -0.39 is 0 Å². The van der Waals surface area contributed by atoms with Crippen molar-refractivity contribution in [2.45, 2.75) is 20.3 Å². The van der Waals surface area contributed by atoms with Crippen LogP contribution in [-0.4, -0.2) is 5.91 Å². The third-order valence-corrected chi connectivity index (χ3v) is 4.81. The molecule has 3 nitrogen and oxygen atoms in total. The maximum Gasteiger partial charge on any atom is 0.228 e. The van der Waals surface area contributed by atoms with Gasteiger partial charge in [0, 0.05) is 31.7 Å². The molecule has 1 aromatic heterocycles. The first-order valence-electron chi connectivity index (χ1n) is 7.27. The molecule has 0 bridgehead atoms. The monoisotopic (exact) mass is 381 g/mol. The maximum atomic E-state index is 12.3. The fourth-order valence-corrected chi connectivity index (χ4v) is 3.42. The van der Waals surface area contributed by atoms with E-state index >= 15 is 0 Å². The lowest BCUT2D eigenvalue weighted by Crippen LogP contribution is -2.14. The Labute approximate surface area is 154 Å². The quantitative estimate of drug-likeness (QED) is 0.586. The Morgan fingerprint density at radius 2 is 1.75 bits per heavy atom. The van der Waals surface area contributed by atoms with Crippen LogP contribution in [0.3, 0.4) is 0 Å². The van der Waals surface area contributed by atoms with E-state index in [1.165, 1.54) is 0 Å². The fraction of sp³-hybridized carbons (Fsp3) is 0.167. The number of benzene rings is 2. The third-order valence-electron chi connectivity index (χ3n) is 3.79. The van der Waals surface area contributed by atoms with Gasteiger partial charge in [0.1, 0.15) is 5.58 Å². The van der Waals surface area contributed by atoms with Crippen molar-refractivity contribution < 1.29 is 9.21 Å². The van der Waals surface area contributed by atoms with Gasteiger partial charge in [-0.3, -0.25) is 4.79 Å². The summed E-state index contributed by atoms with van der Waals surface area (Å²) in [5.74, 6) is -0.188. The summed E-state index contributed by atoms with van der Waals surface area (Å²) in [5, 5.41) is 5.28. The molecule has 1 N–H and O–H groups in total. The van der Waals surface area contributed by atoms with Crippen molar-refractivity contribution in [1.82, 2.24) is 0 Å². The van der Waals surface area contributed by atoms with E-state index in [2.05, 4.69) is 5.32 Å². The van der Waals surface area contributed by atoms with Gasteiger partial charge in [0.2, 0.25) is 5.91 Å². The van der Waals surface area contributed by atoms with Crippen LogP contribution in [0.15, 0.2) is 34.9 Å². The number of aryl methyl sites for hydroxylation is 2. The van der Waals surface area contributed by atoms with Gasteiger partial charge in [-0.25, -0.2) is 0 Å². The number of halogens is 3. The SMILES string of the molecule is Cc1cc2occ(CC(=O)Nc3cc(Cl)cc(Cl)c3)c2c(C)c1Cl. The Morgan fingerprint density at radius 3 is 2.42 bits per heavy atom. The van der Waals surface area contributed by atoms with Crippen molar-refractivity contribution in [1.29, 1.82) is 0 Å². The molecule has 24 heavy (non-hydrogen) atoms. The highest BCUT2D eigenvalue weighted by Gasteiger charge is 2.16. The number of rotatable bonds is 3. The molecule has 3 aromatic rings. The molecule has 124 valence electrons. The molecule has 0 radical (unpaired) electrons. The highest BCUT2D eigenvalue weighted by molar-refractivity contribution is 6.35. The number of anilines is 1. The second kappa shape index (κ2) is 6.67. The van der Waals surface area contributed by atoms with Crippen LogP contribution in [0.4, 0.5) is 5.69 Å². The van der Waals surface area contributed by atoms with Gasteiger partial charge in [-0.05, 0) is 49.2 Å². The Hall–Kier alpha value is -1.68. The van der Waals surface area contributed by atoms with Gasteiger partial charge in [0.15, 0.2) is 0 Å².